The first kappa shape index (κ1) is 13.4. The average Bonchev–Trinajstić information content (AvgIpc) is 2.60. The van der Waals surface area contributed by atoms with Crippen LogP contribution in [0, 0.1) is 19.8 Å². The Labute approximate surface area is 109 Å². The molecule has 1 aromatic heterocycles. The normalized spacial score (nSPS) is 24.2. The smallest absolute Gasteiger partial charge is 0.127 e. The predicted molar refractivity (Wildman–Crippen MR) is 73.8 cm³/mol. The lowest BCUT2D eigenvalue weighted by Gasteiger charge is -2.28. The van der Waals surface area contributed by atoms with Crippen LogP contribution < -0.4 is 5.32 Å². The maximum absolute atomic E-state index is 9.10. The molecule has 0 radical (unpaired) electrons. The van der Waals surface area contributed by atoms with Gasteiger partial charge in [-0.25, -0.2) is 4.68 Å². The van der Waals surface area contributed by atoms with E-state index in [4.69, 9.17) is 5.11 Å². The molecule has 0 saturated heterocycles. The van der Waals surface area contributed by atoms with E-state index in [1.807, 2.05) is 11.6 Å². The van der Waals surface area contributed by atoms with Crippen LogP contribution in [-0.4, -0.2) is 27.5 Å². The van der Waals surface area contributed by atoms with E-state index in [0.29, 0.717) is 12.6 Å². The van der Waals surface area contributed by atoms with Gasteiger partial charge >= 0.3 is 0 Å². The molecule has 0 aliphatic heterocycles. The second kappa shape index (κ2) is 5.74. The Kier molecular flexibility index (Phi) is 4.27. The molecule has 4 nitrogen and oxygen atoms in total. The Balaban J connectivity index is 2.07. The summed E-state index contributed by atoms with van der Waals surface area (Å²) in [6.07, 6.45) is 5.10. The molecule has 0 amide bonds. The number of aliphatic hydroxyl groups is 1. The van der Waals surface area contributed by atoms with Gasteiger partial charge in [0, 0.05) is 11.6 Å². The van der Waals surface area contributed by atoms with Crippen molar-refractivity contribution in [3.8, 4) is 0 Å². The Bertz CT molecular complexity index is 392. The molecule has 0 spiro atoms. The zero-order valence-electron chi connectivity index (χ0n) is 11.7. The number of nitrogens with zero attached hydrogens (tertiary/aromatic N) is 2. The lowest BCUT2D eigenvalue weighted by atomic mass is 9.87. The number of hydrogen-bond donors (Lipinski definition) is 2. The minimum Gasteiger partial charge on any atom is -0.394 e. The first-order valence-electron chi connectivity index (χ1n) is 7.03. The second-order valence-corrected chi connectivity index (χ2v) is 5.61. The minimum atomic E-state index is 0.136. The third-order valence-electron chi connectivity index (χ3n) is 4.10. The van der Waals surface area contributed by atoms with Crippen molar-refractivity contribution >= 4 is 5.82 Å². The van der Waals surface area contributed by atoms with Gasteiger partial charge in [0.15, 0.2) is 0 Å². The molecule has 1 aliphatic rings. The molecule has 1 aromatic rings. The van der Waals surface area contributed by atoms with Crippen LogP contribution in [0.5, 0.6) is 0 Å². The molecule has 1 aliphatic carbocycles. The maximum Gasteiger partial charge on any atom is 0.127 e. The summed E-state index contributed by atoms with van der Waals surface area (Å²) in [7, 11) is 0. The Morgan fingerprint density at radius 2 is 1.94 bits per heavy atom. The number of nitrogens with one attached hydrogen (secondary N) is 1. The van der Waals surface area contributed by atoms with E-state index in [1.54, 1.807) is 0 Å². The van der Waals surface area contributed by atoms with E-state index < -0.39 is 0 Å². The van der Waals surface area contributed by atoms with Crippen LogP contribution in [0.2, 0.25) is 0 Å². The van der Waals surface area contributed by atoms with E-state index in [2.05, 4.69) is 24.3 Å². The SMILES string of the molecule is Cc1nn(CCO)c(NC2CCC(C)CC2)c1C. The van der Waals surface area contributed by atoms with Gasteiger partial charge in [0.2, 0.25) is 0 Å². The molecular weight excluding hydrogens is 226 g/mol. The standard InChI is InChI=1S/C14H25N3O/c1-10-4-6-13(7-5-10)15-14-11(2)12(3)16-17(14)8-9-18/h10,13,15,18H,4-9H2,1-3H3. The largest absolute Gasteiger partial charge is 0.394 e. The number of rotatable bonds is 4. The number of aryl methyl sites for hydroxylation is 1. The van der Waals surface area contributed by atoms with Crippen LogP contribution >= 0.6 is 0 Å². The molecule has 1 fully saturated rings. The third-order valence-corrected chi connectivity index (χ3v) is 4.10. The van der Waals surface area contributed by atoms with Gasteiger partial charge in [0.1, 0.15) is 5.82 Å². The minimum absolute atomic E-state index is 0.136. The summed E-state index contributed by atoms with van der Waals surface area (Å²) in [5.74, 6) is 1.97. The summed E-state index contributed by atoms with van der Waals surface area (Å²) in [5.41, 5.74) is 2.26. The van der Waals surface area contributed by atoms with Crippen LogP contribution in [-0.2, 0) is 6.54 Å². The quantitative estimate of drug-likeness (QED) is 0.864. The molecular formula is C14H25N3O. The summed E-state index contributed by atoms with van der Waals surface area (Å²) in [4.78, 5) is 0. The van der Waals surface area contributed by atoms with E-state index >= 15 is 0 Å². The van der Waals surface area contributed by atoms with E-state index in [-0.39, 0.29) is 6.61 Å². The highest BCUT2D eigenvalue weighted by Gasteiger charge is 2.20. The summed E-state index contributed by atoms with van der Waals surface area (Å²) in [6, 6.07) is 0.563. The highest BCUT2D eigenvalue weighted by atomic mass is 16.3. The zero-order chi connectivity index (χ0) is 13.1. The molecule has 0 atom stereocenters. The van der Waals surface area contributed by atoms with Crippen molar-refractivity contribution < 1.29 is 5.11 Å². The number of aliphatic hydroxyl groups excluding tert-OH is 1. The van der Waals surface area contributed by atoms with Gasteiger partial charge in [-0.2, -0.15) is 5.10 Å². The Morgan fingerprint density at radius 3 is 2.56 bits per heavy atom. The highest BCUT2D eigenvalue weighted by molar-refractivity contribution is 5.47. The first-order chi connectivity index (χ1) is 8.61. The van der Waals surface area contributed by atoms with Crippen LogP contribution in [0.15, 0.2) is 0 Å². The van der Waals surface area contributed by atoms with Gasteiger partial charge < -0.3 is 10.4 Å². The lowest BCUT2D eigenvalue weighted by Crippen LogP contribution is -2.27. The summed E-state index contributed by atoms with van der Waals surface area (Å²) in [5, 5.41) is 17.2. The van der Waals surface area contributed by atoms with Crippen molar-refractivity contribution in [2.75, 3.05) is 11.9 Å². The number of hydrogen-bond acceptors (Lipinski definition) is 3. The van der Waals surface area contributed by atoms with E-state index in [0.717, 1.165) is 17.4 Å². The third kappa shape index (κ3) is 2.86. The van der Waals surface area contributed by atoms with Crippen LogP contribution in [0.1, 0.15) is 43.9 Å². The summed E-state index contributed by atoms with van der Waals surface area (Å²) < 4.78 is 1.91. The summed E-state index contributed by atoms with van der Waals surface area (Å²) in [6.45, 7) is 7.17. The van der Waals surface area contributed by atoms with Crippen LogP contribution in [0.3, 0.4) is 0 Å². The van der Waals surface area contributed by atoms with Crippen molar-refractivity contribution in [2.24, 2.45) is 5.92 Å². The molecule has 2 N–H and O–H groups in total. The average molecular weight is 251 g/mol. The van der Waals surface area contributed by atoms with Crippen molar-refractivity contribution in [1.29, 1.82) is 0 Å². The molecule has 1 heterocycles. The van der Waals surface area contributed by atoms with Gasteiger partial charge in [-0.15, -0.1) is 0 Å². The van der Waals surface area contributed by atoms with Gasteiger partial charge in [0.05, 0.1) is 18.8 Å². The molecule has 18 heavy (non-hydrogen) atoms. The lowest BCUT2D eigenvalue weighted by molar-refractivity contribution is 0.269. The topological polar surface area (TPSA) is 50.1 Å². The van der Waals surface area contributed by atoms with Crippen molar-refractivity contribution in [3.05, 3.63) is 11.3 Å². The highest BCUT2D eigenvalue weighted by Crippen LogP contribution is 2.27. The van der Waals surface area contributed by atoms with Crippen molar-refractivity contribution in [2.45, 2.75) is 59.0 Å². The molecule has 0 aromatic carbocycles. The zero-order valence-corrected chi connectivity index (χ0v) is 11.7. The molecule has 1 saturated carbocycles. The molecule has 0 unspecified atom stereocenters. The second-order valence-electron chi connectivity index (χ2n) is 5.61. The fraction of sp³-hybridized carbons (Fsp3) is 0.786. The fourth-order valence-electron chi connectivity index (χ4n) is 2.71. The van der Waals surface area contributed by atoms with Crippen LogP contribution in [0.25, 0.3) is 0 Å². The molecule has 4 heteroatoms. The van der Waals surface area contributed by atoms with Gasteiger partial charge in [-0.05, 0) is 45.4 Å². The Morgan fingerprint density at radius 1 is 1.28 bits per heavy atom. The van der Waals surface area contributed by atoms with Gasteiger partial charge in [-0.1, -0.05) is 6.92 Å². The number of aromatic nitrogens is 2. The number of anilines is 1. The molecule has 0 bridgehead atoms. The predicted octanol–water partition coefficient (Wildman–Crippen LogP) is 2.48. The van der Waals surface area contributed by atoms with Gasteiger partial charge in [0.25, 0.3) is 0 Å². The van der Waals surface area contributed by atoms with Gasteiger partial charge in [-0.3, -0.25) is 0 Å². The Hall–Kier alpha value is -1.03. The summed E-state index contributed by atoms with van der Waals surface area (Å²) >= 11 is 0. The monoisotopic (exact) mass is 251 g/mol. The first-order valence-corrected chi connectivity index (χ1v) is 7.03. The van der Waals surface area contributed by atoms with Crippen LogP contribution in [0.4, 0.5) is 5.82 Å². The van der Waals surface area contributed by atoms with Crippen molar-refractivity contribution in [1.82, 2.24) is 9.78 Å². The van der Waals surface area contributed by atoms with E-state index in [9.17, 15) is 0 Å². The fourth-order valence-corrected chi connectivity index (χ4v) is 2.71. The molecule has 2 rings (SSSR count). The molecule has 102 valence electrons. The van der Waals surface area contributed by atoms with E-state index in [1.165, 1.54) is 31.2 Å². The van der Waals surface area contributed by atoms with Crippen molar-refractivity contribution in [3.63, 3.8) is 0 Å². The maximum atomic E-state index is 9.10.